The first kappa shape index (κ1) is 22.6. The van der Waals surface area contributed by atoms with Gasteiger partial charge in [0.25, 0.3) is 10.0 Å². The molecule has 2 aromatic rings. The second kappa shape index (κ2) is 8.22. The van der Waals surface area contributed by atoms with Crippen LogP contribution in [0.3, 0.4) is 0 Å². The Morgan fingerprint density at radius 1 is 1.10 bits per heavy atom. The minimum atomic E-state index is -4.05. The second-order valence-electron chi connectivity index (χ2n) is 7.05. The van der Waals surface area contributed by atoms with E-state index in [2.05, 4.69) is 4.72 Å². The molecule has 12 heteroatoms. The molecule has 0 amide bonds. The van der Waals surface area contributed by atoms with Crippen LogP contribution >= 0.6 is 12.4 Å². The van der Waals surface area contributed by atoms with E-state index in [9.17, 15) is 21.2 Å². The number of sulfonamides is 2. The maximum Gasteiger partial charge on any atom is 0.264 e. The molecule has 8 nitrogen and oxygen atoms in total. The maximum absolute atomic E-state index is 13.2. The first-order valence-corrected chi connectivity index (χ1v) is 12.0. The Kier molecular flexibility index (Phi) is 6.19. The fraction of sp³-hybridized carbons (Fsp3) is 0.333. The van der Waals surface area contributed by atoms with E-state index in [4.69, 9.17) is 10.5 Å². The summed E-state index contributed by atoms with van der Waals surface area (Å²) >= 11 is 0. The van der Waals surface area contributed by atoms with E-state index in [1.54, 1.807) is 12.1 Å². The van der Waals surface area contributed by atoms with Gasteiger partial charge >= 0.3 is 0 Å². The van der Waals surface area contributed by atoms with Crippen molar-refractivity contribution in [1.82, 2.24) is 4.72 Å². The zero-order valence-electron chi connectivity index (χ0n) is 15.7. The van der Waals surface area contributed by atoms with Crippen LogP contribution in [0.2, 0.25) is 0 Å². The lowest BCUT2D eigenvalue weighted by Crippen LogP contribution is -2.48. The molecule has 1 fully saturated rings. The lowest BCUT2D eigenvalue weighted by atomic mass is 10.2. The van der Waals surface area contributed by atoms with Gasteiger partial charge in [0, 0.05) is 12.2 Å². The number of rotatable bonds is 6. The van der Waals surface area contributed by atoms with Crippen molar-refractivity contribution in [3.05, 3.63) is 48.3 Å². The van der Waals surface area contributed by atoms with Crippen LogP contribution in [0, 0.1) is 5.82 Å². The average molecular weight is 478 g/mol. The van der Waals surface area contributed by atoms with Crippen molar-refractivity contribution in [2.24, 2.45) is 0 Å². The third kappa shape index (κ3) is 4.48. The summed E-state index contributed by atoms with van der Waals surface area (Å²) in [6.07, 6.45) is 0.497. The largest absolute Gasteiger partial charge is 0.485 e. The van der Waals surface area contributed by atoms with E-state index in [1.807, 2.05) is 0 Å². The van der Waals surface area contributed by atoms with Crippen molar-refractivity contribution in [3.63, 3.8) is 0 Å². The quantitative estimate of drug-likeness (QED) is 0.613. The van der Waals surface area contributed by atoms with Gasteiger partial charge in [-0.3, -0.25) is 4.31 Å². The minimum absolute atomic E-state index is 0. The van der Waals surface area contributed by atoms with Crippen LogP contribution in [0.5, 0.6) is 5.75 Å². The summed E-state index contributed by atoms with van der Waals surface area (Å²) in [4.78, 5) is -0.0912. The molecule has 0 radical (unpaired) electrons. The van der Waals surface area contributed by atoms with E-state index < -0.39 is 37.2 Å². The van der Waals surface area contributed by atoms with Gasteiger partial charge in [0.1, 0.15) is 17.7 Å². The predicted molar refractivity (Wildman–Crippen MR) is 113 cm³/mol. The van der Waals surface area contributed by atoms with Crippen molar-refractivity contribution in [2.75, 3.05) is 23.1 Å². The first-order chi connectivity index (χ1) is 13.7. The molecule has 30 heavy (non-hydrogen) atoms. The Morgan fingerprint density at radius 3 is 2.40 bits per heavy atom. The van der Waals surface area contributed by atoms with Gasteiger partial charge in [0.15, 0.2) is 0 Å². The molecular weight excluding hydrogens is 457 g/mol. The van der Waals surface area contributed by atoms with Gasteiger partial charge in [-0.2, -0.15) is 0 Å². The van der Waals surface area contributed by atoms with Crippen LogP contribution in [-0.4, -0.2) is 41.3 Å². The van der Waals surface area contributed by atoms with Gasteiger partial charge in [-0.1, -0.05) is 0 Å². The van der Waals surface area contributed by atoms with Crippen LogP contribution in [-0.2, 0) is 20.0 Å². The molecule has 1 heterocycles. The summed E-state index contributed by atoms with van der Waals surface area (Å²) < 4.78 is 73.3. The van der Waals surface area contributed by atoms with Crippen LogP contribution in [0.15, 0.2) is 47.4 Å². The Morgan fingerprint density at radius 2 is 1.77 bits per heavy atom. The smallest absolute Gasteiger partial charge is 0.264 e. The fourth-order valence-corrected chi connectivity index (χ4v) is 6.01. The van der Waals surface area contributed by atoms with Gasteiger partial charge in [0.2, 0.25) is 10.0 Å². The van der Waals surface area contributed by atoms with E-state index in [0.29, 0.717) is 18.5 Å². The molecule has 2 aromatic carbocycles. The number of anilines is 2. The molecule has 4 rings (SSSR count). The number of halogens is 2. The van der Waals surface area contributed by atoms with E-state index in [-0.39, 0.29) is 41.8 Å². The fourth-order valence-electron chi connectivity index (χ4n) is 3.10. The van der Waals surface area contributed by atoms with Crippen LogP contribution in [0.1, 0.15) is 12.8 Å². The number of fused-ring (bicyclic) bond motifs is 1. The number of nitrogen functional groups attached to an aromatic ring is 1. The zero-order valence-corrected chi connectivity index (χ0v) is 18.1. The topological polar surface area (TPSA) is 119 Å². The highest BCUT2D eigenvalue weighted by molar-refractivity contribution is 7.92. The van der Waals surface area contributed by atoms with Crippen molar-refractivity contribution in [3.8, 4) is 5.75 Å². The second-order valence-corrected chi connectivity index (χ2v) is 11.0. The Balaban J connectivity index is 0.00000256. The average Bonchev–Trinajstić information content (AvgIpc) is 3.52. The summed E-state index contributed by atoms with van der Waals surface area (Å²) in [7, 11) is -7.49. The summed E-state index contributed by atoms with van der Waals surface area (Å²) in [5.41, 5.74) is 6.41. The first-order valence-electron chi connectivity index (χ1n) is 9.00. The monoisotopic (exact) mass is 477 g/mol. The van der Waals surface area contributed by atoms with Gasteiger partial charge < -0.3 is 10.5 Å². The molecular formula is C18H21ClFN3O5S2. The number of ether oxygens (including phenoxy) is 1. The van der Waals surface area contributed by atoms with Gasteiger partial charge in [-0.15, -0.1) is 12.4 Å². The Hall–Kier alpha value is -2.08. The number of nitrogens with one attached hydrogen (secondary N) is 1. The molecule has 1 atom stereocenters. The molecule has 0 saturated heterocycles. The highest BCUT2D eigenvalue weighted by Crippen LogP contribution is 2.38. The molecule has 1 unspecified atom stereocenters. The van der Waals surface area contributed by atoms with Gasteiger partial charge in [0.05, 0.1) is 22.4 Å². The minimum Gasteiger partial charge on any atom is -0.485 e. The lowest BCUT2D eigenvalue weighted by Gasteiger charge is -2.35. The summed E-state index contributed by atoms with van der Waals surface area (Å²) in [6, 6.07) is 9.07. The highest BCUT2D eigenvalue weighted by Gasteiger charge is 2.38. The van der Waals surface area contributed by atoms with Crippen LogP contribution in [0.4, 0.5) is 15.8 Å². The summed E-state index contributed by atoms with van der Waals surface area (Å²) in [5.74, 6) is -0.283. The molecule has 1 aliphatic carbocycles. The number of nitrogens with two attached hydrogens (primary N) is 1. The summed E-state index contributed by atoms with van der Waals surface area (Å²) in [6.45, 7) is -0.193. The Labute approximate surface area is 180 Å². The van der Waals surface area contributed by atoms with Crippen molar-refractivity contribution < 1.29 is 26.0 Å². The van der Waals surface area contributed by atoms with Crippen molar-refractivity contribution >= 4 is 43.8 Å². The number of hydrogen-bond donors (Lipinski definition) is 2. The number of hydrogen-bond acceptors (Lipinski definition) is 6. The molecule has 2 aliphatic rings. The van der Waals surface area contributed by atoms with E-state index >= 15 is 0 Å². The summed E-state index contributed by atoms with van der Waals surface area (Å²) in [5, 5.41) is -0.391. The zero-order chi connectivity index (χ0) is 20.8. The molecule has 0 spiro atoms. The lowest BCUT2D eigenvalue weighted by molar-refractivity contribution is 0.203. The molecule has 0 bridgehead atoms. The van der Waals surface area contributed by atoms with Gasteiger partial charge in [-0.25, -0.2) is 25.9 Å². The van der Waals surface area contributed by atoms with Crippen LogP contribution in [0.25, 0.3) is 0 Å². The molecule has 1 aliphatic heterocycles. The molecule has 0 aromatic heterocycles. The highest BCUT2D eigenvalue weighted by atomic mass is 35.5. The Bertz CT molecular complexity index is 1140. The van der Waals surface area contributed by atoms with E-state index in [0.717, 1.165) is 16.4 Å². The normalized spacial score (nSPS) is 18.8. The van der Waals surface area contributed by atoms with Gasteiger partial charge in [-0.05, 0) is 55.3 Å². The third-order valence-electron chi connectivity index (χ3n) is 4.79. The molecule has 3 N–H and O–H groups in total. The van der Waals surface area contributed by atoms with Crippen LogP contribution < -0.4 is 19.5 Å². The molecule has 164 valence electrons. The molecule has 1 saturated carbocycles. The van der Waals surface area contributed by atoms with Crippen molar-refractivity contribution in [1.29, 1.82) is 0 Å². The standard InChI is InChI=1S/C18H20FN3O5S2.ClH/c19-12-1-4-16(5-2-12)29(25,26)22-11-14(10-21-28(23,24)15-6-7-15)27-18-8-3-13(20)9-17(18)22;/h1-5,8-9,14-15,21H,6-7,10-11,20H2;1H. The SMILES string of the molecule is Cl.Nc1ccc2c(c1)N(S(=O)(=O)c1ccc(F)cc1)CC(CNS(=O)(=O)C1CC1)O2. The number of benzene rings is 2. The predicted octanol–water partition coefficient (Wildman–Crippen LogP) is 1.87. The maximum atomic E-state index is 13.2. The van der Waals surface area contributed by atoms with E-state index in [1.165, 1.54) is 18.2 Å². The third-order valence-corrected chi connectivity index (χ3v) is 8.50. The van der Waals surface area contributed by atoms with Crippen molar-refractivity contribution in [2.45, 2.75) is 29.1 Å². The number of nitrogens with zero attached hydrogens (tertiary/aromatic N) is 1.